The van der Waals surface area contributed by atoms with Gasteiger partial charge in [-0.15, -0.1) is 0 Å². The minimum atomic E-state index is -0.384. The Bertz CT molecular complexity index is 877. The number of carbonyl (C=O) groups excluding carboxylic acids is 1. The molecule has 4 rings (SSSR count). The Labute approximate surface area is 192 Å². The number of aryl methyl sites for hydroxylation is 2. The number of carbonyl (C=O) groups is 1. The number of amides is 1. The third-order valence-electron chi connectivity index (χ3n) is 6.80. The van der Waals surface area contributed by atoms with Gasteiger partial charge in [0.1, 0.15) is 0 Å². The molecule has 5 heteroatoms. The molecule has 0 aromatic heterocycles. The van der Waals surface area contributed by atoms with E-state index in [2.05, 4.69) is 66.5 Å². The van der Waals surface area contributed by atoms with Gasteiger partial charge in [0.05, 0.1) is 18.6 Å². The Balaban J connectivity index is 1.41. The zero-order valence-electron chi connectivity index (χ0n) is 19.5. The number of morpholine rings is 1. The van der Waals surface area contributed by atoms with Gasteiger partial charge in [-0.05, 0) is 49.8 Å². The predicted octanol–water partition coefficient (Wildman–Crippen LogP) is 3.76. The minimum absolute atomic E-state index is 0.174. The molecule has 0 aliphatic carbocycles. The Morgan fingerprint density at radius 2 is 1.53 bits per heavy atom. The van der Waals surface area contributed by atoms with Crippen LogP contribution in [0, 0.1) is 19.3 Å². The van der Waals surface area contributed by atoms with Crippen molar-refractivity contribution in [3.8, 4) is 11.1 Å². The van der Waals surface area contributed by atoms with Gasteiger partial charge in [-0.25, -0.2) is 0 Å². The summed E-state index contributed by atoms with van der Waals surface area (Å²) >= 11 is 0. The third-order valence-corrected chi connectivity index (χ3v) is 6.80. The van der Waals surface area contributed by atoms with E-state index in [0.29, 0.717) is 19.8 Å². The number of nitrogens with one attached hydrogen (secondary N) is 1. The fourth-order valence-electron chi connectivity index (χ4n) is 4.93. The smallest absolute Gasteiger partial charge is 0.226 e. The van der Waals surface area contributed by atoms with E-state index in [-0.39, 0.29) is 11.3 Å². The second-order valence-electron chi connectivity index (χ2n) is 9.35. The van der Waals surface area contributed by atoms with Gasteiger partial charge in [-0.1, -0.05) is 53.6 Å². The molecule has 5 nitrogen and oxygen atoms in total. The topological polar surface area (TPSA) is 50.8 Å². The number of rotatable bonds is 7. The van der Waals surface area contributed by atoms with E-state index in [1.54, 1.807) is 0 Å². The van der Waals surface area contributed by atoms with Crippen molar-refractivity contribution in [2.24, 2.45) is 5.41 Å². The second kappa shape index (κ2) is 10.6. The Morgan fingerprint density at radius 1 is 0.906 bits per heavy atom. The maximum absolute atomic E-state index is 13.3. The average Bonchev–Trinajstić information content (AvgIpc) is 2.80. The van der Waals surface area contributed by atoms with Crippen LogP contribution in [0.4, 0.5) is 0 Å². The van der Waals surface area contributed by atoms with Crippen molar-refractivity contribution in [2.75, 3.05) is 52.6 Å². The fourth-order valence-corrected chi connectivity index (χ4v) is 4.93. The van der Waals surface area contributed by atoms with Crippen molar-refractivity contribution in [1.29, 1.82) is 0 Å². The molecule has 2 aliphatic heterocycles. The predicted molar refractivity (Wildman–Crippen MR) is 128 cm³/mol. The number of nitrogens with zero attached hydrogens (tertiary/aromatic N) is 1. The highest BCUT2D eigenvalue weighted by molar-refractivity contribution is 5.83. The largest absolute Gasteiger partial charge is 0.381 e. The molecule has 2 saturated heterocycles. The molecule has 0 bridgehead atoms. The second-order valence-corrected chi connectivity index (χ2v) is 9.35. The third kappa shape index (κ3) is 5.77. The summed E-state index contributed by atoms with van der Waals surface area (Å²) in [5.41, 5.74) is 5.85. The molecular weight excluding hydrogens is 400 g/mol. The monoisotopic (exact) mass is 436 g/mol. The first-order chi connectivity index (χ1) is 15.5. The van der Waals surface area contributed by atoms with E-state index in [1.807, 2.05) is 0 Å². The quantitative estimate of drug-likeness (QED) is 0.718. The van der Waals surface area contributed by atoms with E-state index in [1.165, 1.54) is 27.8 Å². The molecule has 2 aliphatic rings. The van der Waals surface area contributed by atoms with Crippen LogP contribution < -0.4 is 5.32 Å². The van der Waals surface area contributed by atoms with Gasteiger partial charge in [0.15, 0.2) is 0 Å². The van der Waals surface area contributed by atoms with Gasteiger partial charge < -0.3 is 14.8 Å². The molecule has 2 heterocycles. The van der Waals surface area contributed by atoms with Crippen LogP contribution in [0.5, 0.6) is 0 Å². The van der Waals surface area contributed by atoms with Crippen molar-refractivity contribution < 1.29 is 14.3 Å². The molecule has 0 atom stereocenters. The van der Waals surface area contributed by atoms with E-state index in [9.17, 15) is 4.79 Å². The van der Waals surface area contributed by atoms with Crippen molar-refractivity contribution >= 4 is 5.91 Å². The summed E-state index contributed by atoms with van der Waals surface area (Å²) in [6.07, 6.45) is 2.30. The van der Waals surface area contributed by atoms with Gasteiger partial charge in [0.25, 0.3) is 0 Å². The Kier molecular flexibility index (Phi) is 7.61. The number of ether oxygens (including phenoxy) is 2. The minimum Gasteiger partial charge on any atom is -0.381 e. The van der Waals surface area contributed by atoms with Gasteiger partial charge in [0.2, 0.25) is 5.91 Å². The molecule has 0 saturated carbocycles. The van der Waals surface area contributed by atoms with Crippen LogP contribution in [0.2, 0.25) is 0 Å². The van der Waals surface area contributed by atoms with Crippen LogP contribution in [-0.4, -0.2) is 63.4 Å². The summed E-state index contributed by atoms with van der Waals surface area (Å²) in [6, 6.07) is 15.4. The molecule has 0 radical (unpaired) electrons. The maximum Gasteiger partial charge on any atom is 0.226 e. The summed E-state index contributed by atoms with van der Waals surface area (Å²) in [4.78, 5) is 15.7. The number of benzene rings is 2. The molecule has 172 valence electrons. The lowest BCUT2D eigenvalue weighted by molar-refractivity contribution is -0.136. The zero-order valence-corrected chi connectivity index (χ0v) is 19.5. The first-order valence-corrected chi connectivity index (χ1v) is 11.9. The molecule has 0 unspecified atom stereocenters. The van der Waals surface area contributed by atoms with E-state index >= 15 is 0 Å². The first kappa shape index (κ1) is 23.0. The van der Waals surface area contributed by atoms with Crippen molar-refractivity contribution in [2.45, 2.75) is 33.1 Å². The highest BCUT2D eigenvalue weighted by atomic mass is 16.5. The van der Waals surface area contributed by atoms with E-state index in [4.69, 9.17) is 9.47 Å². The van der Waals surface area contributed by atoms with Crippen LogP contribution >= 0.6 is 0 Å². The summed E-state index contributed by atoms with van der Waals surface area (Å²) in [5.74, 6) is 0.174. The van der Waals surface area contributed by atoms with Crippen molar-refractivity contribution in [3.05, 3.63) is 59.2 Å². The van der Waals surface area contributed by atoms with Crippen LogP contribution in [-0.2, 0) is 20.7 Å². The summed E-state index contributed by atoms with van der Waals surface area (Å²) in [7, 11) is 0. The Hall–Kier alpha value is -2.21. The molecule has 2 aromatic carbocycles. The SMILES string of the molecule is Cc1cc(C)cc(-c2ccc(CC3(C(=O)NCCN4CCOCC4)CCOCC3)cc2)c1. The molecule has 32 heavy (non-hydrogen) atoms. The van der Waals surface area contributed by atoms with Crippen molar-refractivity contribution in [3.63, 3.8) is 0 Å². The van der Waals surface area contributed by atoms with Crippen LogP contribution in [0.1, 0.15) is 29.5 Å². The lowest BCUT2D eigenvalue weighted by atomic mass is 9.74. The van der Waals surface area contributed by atoms with Crippen molar-refractivity contribution in [1.82, 2.24) is 10.2 Å². The molecule has 0 spiro atoms. The van der Waals surface area contributed by atoms with Gasteiger partial charge in [-0.3, -0.25) is 9.69 Å². The lowest BCUT2D eigenvalue weighted by Gasteiger charge is -2.36. The molecule has 2 fully saturated rings. The van der Waals surface area contributed by atoms with Gasteiger partial charge in [-0.2, -0.15) is 0 Å². The average molecular weight is 437 g/mol. The molecule has 1 amide bonds. The molecule has 1 N–H and O–H groups in total. The maximum atomic E-state index is 13.3. The standard InChI is InChI=1S/C27H36N2O3/c1-21-17-22(2)19-25(18-21)24-5-3-23(4-6-24)20-27(7-13-31-14-8-27)26(30)28-9-10-29-11-15-32-16-12-29/h3-6,17-19H,7-16,20H2,1-2H3,(H,28,30). The normalized spacial score (nSPS) is 18.9. The zero-order chi connectivity index (χ0) is 22.4. The molecule has 2 aromatic rings. The lowest BCUT2D eigenvalue weighted by Crippen LogP contribution is -2.48. The number of hydrogen-bond acceptors (Lipinski definition) is 4. The van der Waals surface area contributed by atoms with E-state index < -0.39 is 0 Å². The summed E-state index contributed by atoms with van der Waals surface area (Å²) in [5, 5.41) is 3.23. The summed E-state index contributed by atoms with van der Waals surface area (Å²) < 4.78 is 11.0. The van der Waals surface area contributed by atoms with Gasteiger partial charge in [0, 0.05) is 39.4 Å². The van der Waals surface area contributed by atoms with E-state index in [0.717, 1.165) is 52.1 Å². The summed E-state index contributed by atoms with van der Waals surface area (Å²) in [6.45, 7) is 10.6. The highest BCUT2D eigenvalue weighted by Crippen LogP contribution is 2.35. The Morgan fingerprint density at radius 3 is 2.19 bits per heavy atom. The van der Waals surface area contributed by atoms with Crippen LogP contribution in [0.15, 0.2) is 42.5 Å². The number of hydrogen-bond donors (Lipinski definition) is 1. The highest BCUT2D eigenvalue weighted by Gasteiger charge is 2.40. The van der Waals surface area contributed by atoms with Crippen LogP contribution in [0.3, 0.4) is 0 Å². The van der Waals surface area contributed by atoms with Gasteiger partial charge >= 0.3 is 0 Å². The fraction of sp³-hybridized carbons (Fsp3) is 0.519. The molecular formula is C27H36N2O3. The van der Waals surface area contributed by atoms with Crippen LogP contribution in [0.25, 0.3) is 11.1 Å². The first-order valence-electron chi connectivity index (χ1n) is 11.9.